The third-order valence-corrected chi connectivity index (χ3v) is 2.97. The average molecular weight is 266 g/mol. The molecule has 0 saturated heterocycles. The molecule has 0 atom stereocenters. The molecule has 4 heteroatoms. The highest BCUT2D eigenvalue weighted by atomic mass is 127. The Labute approximate surface area is 77.3 Å². The van der Waals surface area contributed by atoms with Crippen molar-refractivity contribution >= 4 is 43.3 Å². The number of anilines is 1. The fourth-order valence-corrected chi connectivity index (χ4v) is 2.09. The SMILES string of the molecule is CNc1ccsc1C(=N)I. The predicted octanol–water partition coefficient (Wildman–Crippen LogP) is 2.55. The van der Waals surface area contributed by atoms with E-state index in [1.807, 2.05) is 41.1 Å². The minimum atomic E-state index is 0.594. The summed E-state index contributed by atoms with van der Waals surface area (Å²) in [6, 6.07) is 1.98. The Kier molecular flexibility index (Phi) is 2.67. The molecule has 0 aliphatic carbocycles. The molecule has 1 heterocycles. The normalized spacial score (nSPS) is 9.40. The van der Waals surface area contributed by atoms with Crippen LogP contribution in [0.15, 0.2) is 11.4 Å². The molecule has 0 aliphatic rings. The van der Waals surface area contributed by atoms with Crippen molar-refractivity contribution in [2.75, 3.05) is 12.4 Å². The summed E-state index contributed by atoms with van der Waals surface area (Å²) >= 11 is 3.60. The fraction of sp³-hybridized carbons (Fsp3) is 0.167. The van der Waals surface area contributed by atoms with Gasteiger partial charge < -0.3 is 5.32 Å². The lowest BCUT2D eigenvalue weighted by molar-refractivity contribution is 1.52. The molecule has 0 bridgehead atoms. The van der Waals surface area contributed by atoms with Crippen molar-refractivity contribution in [1.82, 2.24) is 0 Å². The van der Waals surface area contributed by atoms with E-state index in [0.717, 1.165) is 10.6 Å². The van der Waals surface area contributed by atoms with Gasteiger partial charge in [0.05, 0.1) is 10.6 Å². The van der Waals surface area contributed by atoms with E-state index < -0.39 is 0 Å². The first kappa shape index (κ1) is 8.00. The van der Waals surface area contributed by atoms with Gasteiger partial charge in [-0.1, -0.05) is 0 Å². The maximum Gasteiger partial charge on any atom is 0.111 e. The Morgan fingerprint density at radius 2 is 2.50 bits per heavy atom. The number of hydrogen-bond donors (Lipinski definition) is 2. The van der Waals surface area contributed by atoms with Gasteiger partial charge in [0.25, 0.3) is 0 Å². The van der Waals surface area contributed by atoms with Crippen LogP contribution in [0.4, 0.5) is 5.69 Å². The topological polar surface area (TPSA) is 35.9 Å². The Morgan fingerprint density at radius 3 is 2.90 bits per heavy atom. The van der Waals surface area contributed by atoms with Gasteiger partial charge in [-0.15, -0.1) is 11.3 Å². The number of thiophene rings is 1. The summed E-state index contributed by atoms with van der Waals surface area (Å²) in [5.74, 6) is 0. The lowest BCUT2D eigenvalue weighted by Gasteiger charge is -1.97. The highest BCUT2D eigenvalue weighted by Crippen LogP contribution is 2.23. The van der Waals surface area contributed by atoms with Gasteiger partial charge in [0.1, 0.15) is 3.72 Å². The third-order valence-electron chi connectivity index (χ3n) is 1.13. The average Bonchev–Trinajstić information content (AvgIpc) is 2.33. The zero-order chi connectivity index (χ0) is 7.56. The molecule has 10 heavy (non-hydrogen) atoms. The van der Waals surface area contributed by atoms with Crippen LogP contribution >= 0.6 is 33.9 Å². The highest BCUT2D eigenvalue weighted by Gasteiger charge is 2.03. The van der Waals surface area contributed by atoms with Crippen molar-refractivity contribution in [2.24, 2.45) is 0 Å². The Hall–Kier alpha value is -0.100. The zero-order valence-electron chi connectivity index (χ0n) is 5.44. The van der Waals surface area contributed by atoms with Crippen molar-refractivity contribution in [3.05, 3.63) is 16.3 Å². The monoisotopic (exact) mass is 266 g/mol. The van der Waals surface area contributed by atoms with Gasteiger partial charge in [0.2, 0.25) is 0 Å². The standard InChI is InChI=1S/C6H7IN2S/c1-9-4-2-3-10-5(4)6(7)8/h2-3,8-9H,1H3. The summed E-state index contributed by atoms with van der Waals surface area (Å²) < 4.78 is 0.594. The molecular formula is C6H7IN2S. The van der Waals surface area contributed by atoms with E-state index in [1.54, 1.807) is 11.3 Å². The molecule has 1 aromatic rings. The molecule has 2 N–H and O–H groups in total. The first-order valence-corrected chi connectivity index (χ1v) is 4.71. The van der Waals surface area contributed by atoms with Crippen molar-refractivity contribution in [3.8, 4) is 0 Å². The Balaban J connectivity index is 3.01. The first-order valence-electron chi connectivity index (χ1n) is 2.75. The van der Waals surface area contributed by atoms with E-state index in [9.17, 15) is 0 Å². The molecule has 1 aromatic heterocycles. The molecule has 1 rings (SSSR count). The Bertz CT molecular complexity index is 244. The van der Waals surface area contributed by atoms with Gasteiger partial charge >= 0.3 is 0 Å². The van der Waals surface area contributed by atoms with Gasteiger partial charge in [0.15, 0.2) is 0 Å². The molecule has 2 nitrogen and oxygen atoms in total. The van der Waals surface area contributed by atoms with Crippen molar-refractivity contribution in [1.29, 1.82) is 5.41 Å². The first-order chi connectivity index (χ1) is 4.75. The van der Waals surface area contributed by atoms with Crippen LogP contribution in [0.25, 0.3) is 0 Å². The summed E-state index contributed by atoms with van der Waals surface area (Å²) in [6.07, 6.45) is 0. The summed E-state index contributed by atoms with van der Waals surface area (Å²) in [7, 11) is 1.87. The molecule has 0 aromatic carbocycles. The van der Waals surface area contributed by atoms with Crippen molar-refractivity contribution < 1.29 is 0 Å². The van der Waals surface area contributed by atoms with Crippen LogP contribution in [0.2, 0.25) is 0 Å². The van der Waals surface area contributed by atoms with Gasteiger partial charge in [-0.2, -0.15) is 0 Å². The number of rotatable bonds is 2. The molecule has 54 valence electrons. The largest absolute Gasteiger partial charge is 0.387 e. The smallest absolute Gasteiger partial charge is 0.111 e. The van der Waals surface area contributed by atoms with Gasteiger partial charge in [-0.3, -0.25) is 5.41 Å². The molecule has 0 aliphatic heterocycles. The summed E-state index contributed by atoms with van der Waals surface area (Å²) in [4.78, 5) is 1.02. The van der Waals surface area contributed by atoms with Gasteiger partial charge in [-0.05, 0) is 34.0 Å². The van der Waals surface area contributed by atoms with E-state index >= 15 is 0 Å². The van der Waals surface area contributed by atoms with Crippen LogP contribution in [-0.2, 0) is 0 Å². The second-order valence-corrected chi connectivity index (χ2v) is 3.72. The molecule has 0 saturated carbocycles. The van der Waals surface area contributed by atoms with E-state index in [4.69, 9.17) is 5.41 Å². The molecule has 0 spiro atoms. The summed E-state index contributed by atoms with van der Waals surface area (Å²) in [6.45, 7) is 0. The molecule has 0 unspecified atom stereocenters. The highest BCUT2D eigenvalue weighted by molar-refractivity contribution is 14.1. The minimum Gasteiger partial charge on any atom is -0.387 e. The maximum absolute atomic E-state index is 7.35. The third kappa shape index (κ3) is 1.49. The van der Waals surface area contributed by atoms with Crippen LogP contribution in [0.1, 0.15) is 4.88 Å². The number of hydrogen-bond acceptors (Lipinski definition) is 3. The molecule has 0 radical (unpaired) electrons. The van der Waals surface area contributed by atoms with Crippen LogP contribution in [0.5, 0.6) is 0 Å². The van der Waals surface area contributed by atoms with Gasteiger partial charge in [-0.25, -0.2) is 0 Å². The van der Waals surface area contributed by atoms with Crippen LogP contribution in [0, 0.1) is 5.41 Å². The number of nitrogens with one attached hydrogen (secondary N) is 2. The molecule has 0 fully saturated rings. The quantitative estimate of drug-likeness (QED) is 0.626. The number of halogens is 1. The van der Waals surface area contributed by atoms with Crippen LogP contribution in [-0.4, -0.2) is 10.8 Å². The lowest BCUT2D eigenvalue weighted by Crippen LogP contribution is -1.91. The van der Waals surface area contributed by atoms with Crippen LogP contribution < -0.4 is 5.32 Å². The zero-order valence-corrected chi connectivity index (χ0v) is 8.41. The molecular weight excluding hydrogens is 259 g/mol. The lowest BCUT2D eigenvalue weighted by atomic mass is 10.4. The predicted molar refractivity (Wildman–Crippen MR) is 54.7 cm³/mol. The van der Waals surface area contributed by atoms with Gasteiger partial charge in [0, 0.05) is 7.05 Å². The summed E-state index contributed by atoms with van der Waals surface area (Å²) in [5, 5.41) is 12.4. The molecule has 0 amide bonds. The van der Waals surface area contributed by atoms with E-state index in [2.05, 4.69) is 5.32 Å². The fourth-order valence-electron chi connectivity index (χ4n) is 0.676. The van der Waals surface area contributed by atoms with E-state index in [1.165, 1.54) is 0 Å². The second kappa shape index (κ2) is 3.34. The van der Waals surface area contributed by atoms with E-state index in [-0.39, 0.29) is 0 Å². The van der Waals surface area contributed by atoms with Crippen molar-refractivity contribution in [3.63, 3.8) is 0 Å². The Morgan fingerprint density at radius 1 is 1.80 bits per heavy atom. The second-order valence-electron chi connectivity index (χ2n) is 1.73. The summed E-state index contributed by atoms with van der Waals surface area (Å²) in [5.41, 5.74) is 1.05. The van der Waals surface area contributed by atoms with E-state index in [0.29, 0.717) is 3.72 Å². The van der Waals surface area contributed by atoms with Crippen molar-refractivity contribution in [2.45, 2.75) is 0 Å². The minimum absolute atomic E-state index is 0.594. The maximum atomic E-state index is 7.35. The van der Waals surface area contributed by atoms with Crippen LogP contribution in [0.3, 0.4) is 0 Å².